The van der Waals surface area contributed by atoms with Gasteiger partial charge in [0.05, 0.1) is 0 Å². The summed E-state index contributed by atoms with van der Waals surface area (Å²) in [6, 6.07) is 4.51. The summed E-state index contributed by atoms with van der Waals surface area (Å²) in [5.41, 5.74) is 11.6. The maximum atomic E-state index is 3.93. The lowest BCUT2D eigenvalue weighted by molar-refractivity contribution is 0.487. The monoisotopic (exact) mass is 310 g/mol. The standard InChI is InChI=1S/C14H18.C9H16/c1-6-10(3)14-9-12(5)11(4)8-13(14)7-2;1-4-9(5-6-9)7-8(2)3/h8-9H,1,7H2,2-5H3;2,4-7H2,1,3H3. The average molecular weight is 311 g/mol. The van der Waals surface area contributed by atoms with E-state index < -0.39 is 0 Å². The Bertz CT molecular complexity index is 605. The molecule has 0 spiro atoms. The molecular formula is C23H34. The van der Waals surface area contributed by atoms with Crippen LogP contribution in [0.1, 0.15) is 75.6 Å². The van der Waals surface area contributed by atoms with Gasteiger partial charge in [0, 0.05) is 0 Å². The predicted molar refractivity (Wildman–Crippen MR) is 105 cm³/mol. The summed E-state index contributed by atoms with van der Waals surface area (Å²) in [4.78, 5) is 0. The highest BCUT2D eigenvalue weighted by Gasteiger charge is 2.39. The maximum Gasteiger partial charge on any atom is -0.00224 e. The van der Waals surface area contributed by atoms with Gasteiger partial charge in [0.25, 0.3) is 0 Å². The lowest BCUT2D eigenvalue weighted by Crippen LogP contribution is -1.97. The molecule has 0 heterocycles. The van der Waals surface area contributed by atoms with Gasteiger partial charge in [-0.1, -0.05) is 44.6 Å². The van der Waals surface area contributed by atoms with Crippen LogP contribution in [0.25, 0.3) is 5.57 Å². The second-order valence-electron chi connectivity index (χ2n) is 7.24. The second kappa shape index (κ2) is 8.37. The smallest absolute Gasteiger partial charge is 0.00224 e. The highest BCUT2D eigenvalue weighted by Crippen LogP contribution is 2.52. The average Bonchev–Trinajstić information content (AvgIpc) is 3.28. The molecule has 0 aromatic heterocycles. The molecule has 0 radical (unpaired) electrons. The number of allylic oxidation sites excluding steroid dienone is 2. The van der Waals surface area contributed by atoms with Crippen molar-refractivity contribution in [2.24, 2.45) is 5.41 Å². The zero-order chi connectivity index (χ0) is 17.6. The summed E-state index contributed by atoms with van der Waals surface area (Å²) < 4.78 is 0. The van der Waals surface area contributed by atoms with Crippen molar-refractivity contribution in [2.45, 2.75) is 73.6 Å². The number of hydrogen-bond donors (Lipinski definition) is 0. The third kappa shape index (κ3) is 5.56. The Kier molecular flexibility index (Phi) is 7.10. The van der Waals surface area contributed by atoms with Gasteiger partial charge in [0.2, 0.25) is 0 Å². The van der Waals surface area contributed by atoms with Crippen molar-refractivity contribution in [1.29, 1.82) is 0 Å². The van der Waals surface area contributed by atoms with Crippen LogP contribution in [-0.2, 0) is 6.42 Å². The molecule has 1 saturated carbocycles. The number of benzene rings is 1. The largest absolute Gasteiger partial charge is 0.125 e. The molecule has 126 valence electrons. The predicted octanol–water partition coefficient (Wildman–Crippen LogP) is 7.20. The van der Waals surface area contributed by atoms with Crippen LogP contribution < -0.4 is 0 Å². The zero-order valence-corrected chi connectivity index (χ0v) is 16.1. The minimum atomic E-state index is 0.714. The lowest BCUT2D eigenvalue weighted by Gasteiger charge is -2.10. The molecule has 1 aliphatic carbocycles. The van der Waals surface area contributed by atoms with Gasteiger partial charge in [-0.2, -0.15) is 0 Å². The second-order valence-corrected chi connectivity index (χ2v) is 7.24. The van der Waals surface area contributed by atoms with Gasteiger partial charge >= 0.3 is 0 Å². The first-order valence-corrected chi connectivity index (χ1v) is 8.90. The Morgan fingerprint density at radius 1 is 1.13 bits per heavy atom. The number of rotatable bonds is 5. The van der Waals surface area contributed by atoms with Gasteiger partial charge in [-0.15, -0.1) is 12.3 Å². The van der Waals surface area contributed by atoms with Crippen molar-refractivity contribution in [2.75, 3.05) is 0 Å². The molecule has 0 unspecified atom stereocenters. The van der Waals surface area contributed by atoms with Crippen molar-refractivity contribution in [3.05, 3.63) is 58.8 Å². The lowest BCUT2D eigenvalue weighted by atomic mass is 9.94. The maximum absolute atomic E-state index is 3.93. The van der Waals surface area contributed by atoms with Crippen LogP contribution in [0, 0.1) is 19.3 Å². The van der Waals surface area contributed by atoms with Crippen molar-refractivity contribution in [3.63, 3.8) is 0 Å². The first kappa shape index (κ1) is 19.5. The van der Waals surface area contributed by atoms with Gasteiger partial charge in [-0.05, 0) is 86.6 Å². The first-order valence-electron chi connectivity index (χ1n) is 8.90. The molecule has 0 amide bonds. The van der Waals surface area contributed by atoms with E-state index in [0.717, 1.165) is 12.0 Å². The molecule has 1 fully saturated rings. The van der Waals surface area contributed by atoms with Crippen molar-refractivity contribution in [3.8, 4) is 0 Å². The number of hydrogen-bond acceptors (Lipinski definition) is 0. The fourth-order valence-corrected chi connectivity index (χ4v) is 3.09. The molecule has 0 heteroatoms. The van der Waals surface area contributed by atoms with Crippen LogP contribution in [0.15, 0.2) is 36.6 Å². The Morgan fingerprint density at radius 3 is 2.04 bits per heavy atom. The molecular weight excluding hydrogens is 276 g/mol. The molecule has 1 aromatic carbocycles. The highest BCUT2D eigenvalue weighted by atomic mass is 14.4. The molecule has 0 N–H and O–H groups in total. The first-order chi connectivity index (χ1) is 10.8. The zero-order valence-electron chi connectivity index (χ0n) is 16.1. The fraction of sp³-hybridized carbons (Fsp3) is 0.522. The SMILES string of the molecule is C=C(C)CC1(CC)CC1.C=C=C(C)c1cc(C)c(C)cc1CC. The molecule has 1 aliphatic rings. The van der Waals surface area contributed by atoms with Gasteiger partial charge < -0.3 is 0 Å². The Hall–Kier alpha value is -1.52. The summed E-state index contributed by atoms with van der Waals surface area (Å²) >= 11 is 0. The molecule has 0 atom stereocenters. The number of aryl methyl sites for hydroxylation is 3. The van der Waals surface area contributed by atoms with E-state index in [-0.39, 0.29) is 0 Å². The van der Waals surface area contributed by atoms with Crippen molar-refractivity contribution >= 4 is 5.57 Å². The molecule has 23 heavy (non-hydrogen) atoms. The van der Waals surface area contributed by atoms with Crippen LogP contribution >= 0.6 is 0 Å². The minimum Gasteiger partial charge on any atom is -0.125 e. The summed E-state index contributed by atoms with van der Waals surface area (Å²) in [5.74, 6) is 0. The van der Waals surface area contributed by atoms with Gasteiger partial charge in [-0.25, -0.2) is 0 Å². The molecule has 1 aromatic rings. The molecule has 0 nitrogen and oxygen atoms in total. The van der Waals surface area contributed by atoms with E-state index in [1.807, 2.05) is 0 Å². The van der Waals surface area contributed by atoms with Crippen LogP contribution in [-0.4, -0.2) is 0 Å². The summed E-state index contributed by atoms with van der Waals surface area (Å²) in [7, 11) is 0. The van der Waals surface area contributed by atoms with Crippen LogP contribution in [0.4, 0.5) is 0 Å². The van der Waals surface area contributed by atoms with Crippen molar-refractivity contribution in [1.82, 2.24) is 0 Å². The van der Waals surface area contributed by atoms with Crippen LogP contribution in [0.2, 0.25) is 0 Å². The highest BCUT2D eigenvalue weighted by molar-refractivity contribution is 5.67. The third-order valence-electron chi connectivity index (χ3n) is 5.15. The van der Waals surface area contributed by atoms with Crippen molar-refractivity contribution < 1.29 is 0 Å². The summed E-state index contributed by atoms with van der Waals surface area (Å²) in [6.07, 6.45) is 6.56. The van der Waals surface area contributed by atoms with E-state index in [9.17, 15) is 0 Å². The summed E-state index contributed by atoms with van der Waals surface area (Å²) in [6.45, 7) is 20.6. The van der Waals surface area contributed by atoms with Gasteiger partial charge in [0.1, 0.15) is 0 Å². The summed E-state index contributed by atoms with van der Waals surface area (Å²) in [5, 5.41) is 0. The third-order valence-corrected chi connectivity index (χ3v) is 5.15. The topological polar surface area (TPSA) is 0 Å². The van der Waals surface area contributed by atoms with E-state index in [4.69, 9.17) is 0 Å². The van der Waals surface area contributed by atoms with Crippen LogP contribution in [0.5, 0.6) is 0 Å². The quantitative estimate of drug-likeness (QED) is 0.398. The van der Waals surface area contributed by atoms with E-state index in [1.165, 1.54) is 53.5 Å². The molecule has 2 rings (SSSR count). The Balaban J connectivity index is 0.000000253. The molecule has 0 saturated heterocycles. The normalized spacial score (nSPS) is 14.3. The van der Waals surface area contributed by atoms with E-state index in [2.05, 4.69) is 72.6 Å². The Labute approximate surface area is 144 Å². The van der Waals surface area contributed by atoms with Gasteiger partial charge in [0.15, 0.2) is 0 Å². The van der Waals surface area contributed by atoms with Gasteiger partial charge in [-0.3, -0.25) is 0 Å². The van der Waals surface area contributed by atoms with E-state index in [1.54, 1.807) is 0 Å². The fourth-order valence-electron chi connectivity index (χ4n) is 3.09. The Morgan fingerprint density at radius 2 is 1.70 bits per heavy atom. The molecule has 0 bridgehead atoms. The van der Waals surface area contributed by atoms with E-state index in [0.29, 0.717) is 5.41 Å². The van der Waals surface area contributed by atoms with E-state index >= 15 is 0 Å². The van der Waals surface area contributed by atoms with Crippen LogP contribution in [0.3, 0.4) is 0 Å². The molecule has 0 aliphatic heterocycles. The minimum absolute atomic E-state index is 0.714.